The van der Waals surface area contributed by atoms with E-state index in [1.165, 1.54) is 30.5 Å². The molecule has 4 aromatic rings. The highest BCUT2D eigenvalue weighted by molar-refractivity contribution is 7.90. The molecule has 0 aliphatic carbocycles. The first-order valence-corrected chi connectivity index (χ1v) is 14.0. The predicted molar refractivity (Wildman–Crippen MR) is 146 cm³/mol. The zero-order valence-corrected chi connectivity index (χ0v) is 22.7. The summed E-state index contributed by atoms with van der Waals surface area (Å²) in [6, 6.07) is 12.2. The average Bonchev–Trinajstić information content (AvgIpc) is 3.35. The number of fused-ring (bicyclic) bond motifs is 1. The smallest absolute Gasteiger partial charge is 0.269 e. The van der Waals surface area contributed by atoms with Crippen molar-refractivity contribution < 1.29 is 22.3 Å². The van der Waals surface area contributed by atoms with Crippen LogP contribution in [-0.2, 0) is 10.0 Å². The summed E-state index contributed by atoms with van der Waals surface area (Å²) in [4.78, 5) is 25.5. The summed E-state index contributed by atoms with van der Waals surface area (Å²) in [5.41, 5.74) is 1.29. The number of carbonyl (C=O) groups excluding carboxylic acids is 1. The maximum absolute atomic E-state index is 15.1. The molecule has 12 heteroatoms. The molecule has 2 aromatic heterocycles. The van der Waals surface area contributed by atoms with Crippen molar-refractivity contribution >= 4 is 38.6 Å². The minimum absolute atomic E-state index is 0.0335. The van der Waals surface area contributed by atoms with E-state index < -0.39 is 15.8 Å². The van der Waals surface area contributed by atoms with Crippen LogP contribution in [0, 0.1) is 12.7 Å². The Morgan fingerprint density at radius 1 is 1.05 bits per heavy atom. The molecule has 2 aromatic carbocycles. The summed E-state index contributed by atoms with van der Waals surface area (Å²) in [5, 5.41) is 3.21. The zero-order chi connectivity index (χ0) is 27.7. The molecule has 0 saturated carbocycles. The minimum Gasteiger partial charge on any atom is -0.477 e. The third kappa shape index (κ3) is 5.30. The first-order chi connectivity index (χ1) is 18.7. The summed E-state index contributed by atoms with van der Waals surface area (Å²) in [6.45, 7) is 6.60. The third-order valence-corrected chi connectivity index (χ3v) is 8.27. The molecule has 5 rings (SSSR count). The van der Waals surface area contributed by atoms with Crippen LogP contribution in [0.5, 0.6) is 5.88 Å². The van der Waals surface area contributed by atoms with Gasteiger partial charge in [0.15, 0.2) is 5.65 Å². The Balaban J connectivity index is 1.47. The average molecular weight is 553 g/mol. The number of benzene rings is 2. The van der Waals surface area contributed by atoms with E-state index in [1.54, 1.807) is 36.1 Å². The number of nitrogens with one attached hydrogen (secondary N) is 1. The topological polar surface area (TPSA) is 110 Å². The van der Waals surface area contributed by atoms with Gasteiger partial charge in [-0.1, -0.05) is 17.7 Å². The number of hydrogen-bond donors (Lipinski definition) is 1. The van der Waals surface area contributed by atoms with Gasteiger partial charge in [-0.05, 0) is 57.3 Å². The molecule has 0 unspecified atom stereocenters. The lowest BCUT2D eigenvalue weighted by atomic mass is 10.1. The normalized spacial score (nSPS) is 14.5. The summed E-state index contributed by atoms with van der Waals surface area (Å²) >= 11 is 0. The van der Waals surface area contributed by atoms with E-state index in [1.807, 2.05) is 14.0 Å². The highest BCUT2D eigenvalue weighted by atomic mass is 32.2. The Morgan fingerprint density at radius 2 is 1.77 bits per heavy atom. The quantitative estimate of drug-likeness (QED) is 0.370. The molecule has 204 valence electrons. The van der Waals surface area contributed by atoms with Gasteiger partial charge in [-0.15, -0.1) is 0 Å². The molecule has 1 saturated heterocycles. The minimum atomic E-state index is -3.97. The van der Waals surface area contributed by atoms with Gasteiger partial charge in [0.05, 0.1) is 22.6 Å². The van der Waals surface area contributed by atoms with Gasteiger partial charge in [-0.2, -0.15) is 9.97 Å². The number of aryl methyl sites for hydroxylation is 1. The number of hydrogen-bond acceptors (Lipinski definition) is 8. The third-order valence-electron chi connectivity index (χ3n) is 6.59. The van der Waals surface area contributed by atoms with Crippen LogP contribution < -0.4 is 10.1 Å². The highest BCUT2D eigenvalue weighted by Gasteiger charge is 2.24. The molecule has 0 radical (unpaired) electrons. The number of rotatable bonds is 7. The number of ether oxygens (including phenoxy) is 1. The Kier molecular flexibility index (Phi) is 7.23. The molecule has 0 spiro atoms. The molecule has 1 amide bonds. The molecule has 39 heavy (non-hydrogen) atoms. The number of halogens is 1. The van der Waals surface area contributed by atoms with Crippen LogP contribution in [0.1, 0.15) is 22.8 Å². The van der Waals surface area contributed by atoms with E-state index in [-0.39, 0.29) is 46.1 Å². The van der Waals surface area contributed by atoms with E-state index >= 15 is 4.39 Å². The van der Waals surface area contributed by atoms with Crippen molar-refractivity contribution in [3.8, 4) is 5.88 Å². The van der Waals surface area contributed by atoms with Crippen LogP contribution in [0.15, 0.2) is 59.6 Å². The second-order valence-corrected chi connectivity index (χ2v) is 11.2. The molecule has 1 aliphatic heterocycles. The van der Waals surface area contributed by atoms with Crippen molar-refractivity contribution in [3.05, 3.63) is 71.7 Å². The Hall–Kier alpha value is -4.03. The summed E-state index contributed by atoms with van der Waals surface area (Å²) in [6.07, 6.45) is 1.39. The molecule has 10 nitrogen and oxygen atoms in total. The van der Waals surface area contributed by atoms with Gasteiger partial charge >= 0.3 is 0 Å². The lowest BCUT2D eigenvalue weighted by Gasteiger charge is -2.32. The number of likely N-dealkylation sites (N-methyl/N-ethyl adjacent to an activating group) is 1. The van der Waals surface area contributed by atoms with Gasteiger partial charge in [0.2, 0.25) is 11.8 Å². The Labute approximate surface area is 226 Å². The monoisotopic (exact) mass is 552 g/mol. The van der Waals surface area contributed by atoms with Gasteiger partial charge < -0.3 is 19.9 Å². The lowest BCUT2D eigenvalue weighted by molar-refractivity contribution is 0.0663. The van der Waals surface area contributed by atoms with Gasteiger partial charge in [0.1, 0.15) is 5.82 Å². The zero-order valence-electron chi connectivity index (χ0n) is 21.9. The van der Waals surface area contributed by atoms with E-state index in [2.05, 4.69) is 20.2 Å². The molecule has 3 heterocycles. The fourth-order valence-corrected chi connectivity index (χ4v) is 5.64. The van der Waals surface area contributed by atoms with Crippen LogP contribution >= 0.6 is 0 Å². The summed E-state index contributed by atoms with van der Waals surface area (Å²) in [5.74, 6) is -0.796. The van der Waals surface area contributed by atoms with Crippen molar-refractivity contribution in [3.63, 3.8) is 0 Å². The van der Waals surface area contributed by atoms with Crippen LogP contribution in [0.3, 0.4) is 0 Å². The highest BCUT2D eigenvalue weighted by Crippen LogP contribution is 2.30. The van der Waals surface area contributed by atoms with Crippen molar-refractivity contribution in [2.45, 2.75) is 18.7 Å². The van der Waals surface area contributed by atoms with Crippen molar-refractivity contribution in [1.82, 2.24) is 23.7 Å². The molecule has 1 fully saturated rings. The van der Waals surface area contributed by atoms with Crippen LogP contribution in [0.4, 0.5) is 16.0 Å². The SMILES string of the molecule is CCOc1nc(Nc2ccc(C(=O)N3CCN(C)CC3)cc2F)nc2c1ccn2S(=O)(=O)c1ccc(C)cc1. The van der Waals surface area contributed by atoms with Crippen molar-refractivity contribution in [2.24, 2.45) is 0 Å². The van der Waals surface area contributed by atoms with Crippen LogP contribution in [0.25, 0.3) is 11.0 Å². The predicted octanol–water partition coefficient (Wildman–Crippen LogP) is 3.65. The molecule has 0 bridgehead atoms. The van der Waals surface area contributed by atoms with Gasteiger partial charge in [-0.3, -0.25) is 4.79 Å². The fraction of sp³-hybridized carbons (Fsp3) is 0.296. The van der Waals surface area contributed by atoms with Gasteiger partial charge in [0.25, 0.3) is 15.9 Å². The first kappa shape index (κ1) is 26.6. The molecular formula is C27H29FN6O4S. The van der Waals surface area contributed by atoms with Crippen molar-refractivity contribution in [2.75, 3.05) is 45.2 Å². The van der Waals surface area contributed by atoms with Gasteiger partial charge in [-0.25, -0.2) is 16.8 Å². The second-order valence-electron chi connectivity index (χ2n) is 9.37. The number of carbonyl (C=O) groups is 1. The van der Waals surface area contributed by atoms with E-state index in [0.717, 1.165) is 22.6 Å². The van der Waals surface area contributed by atoms with E-state index in [0.29, 0.717) is 18.5 Å². The number of anilines is 2. The maximum atomic E-state index is 15.1. The summed E-state index contributed by atoms with van der Waals surface area (Å²) in [7, 11) is -1.98. The molecular weight excluding hydrogens is 523 g/mol. The molecule has 0 atom stereocenters. The molecule has 1 N–H and O–H groups in total. The first-order valence-electron chi connectivity index (χ1n) is 12.6. The number of piperazine rings is 1. The second kappa shape index (κ2) is 10.6. The van der Waals surface area contributed by atoms with Gasteiger partial charge in [0, 0.05) is 37.9 Å². The maximum Gasteiger partial charge on any atom is 0.269 e. The standard InChI is InChI=1S/C27H29FN6O4S/c1-4-38-25-21-11-12-34(39(36,37)20-8-5-18(2)6-9-20)24(21)30-27(31-25)29-23-10-7-19(17-22(23)28)26(35)33-15-13-32(3)14-16-33/h5-12,17H,4,13-16H2,1-3H3,(H,29,30,31). The van der Waals surface area contributed by atoms with Crippen molar-refractivity contribution in [1.29, 1.82) is 0 Å². The summed E-state index contributed by atoms with van der Waals surface area (Å²) < 4.78 is 48.6. The van der Waals surface area contributed by atoms with Crippen LogP contribution in [0.2, 0.25) is 0 Å². The number of amides is 1. The Bertz CT molecular complexity index is 1630. The van der Waals surface area contributed by atoms with E-state index in [9.17, 15) is 13.2 Å². The van der Waals surface area contributed by atoms with E-state index in [4.69, 9.17) is 4.74 Å². The fourth-order valence-electron chi connectivity index (χ4n) is 4.35. The number of nitrogens with zero attached hydrogens (tertiary/aromatic N) is 5. The number of aromatic nitrogens is 3. The largest absolute Gasteiger partial charge is 0.477 e. The molecule has 1 aliphatic rings. The Morgan fingerprint density at radius 3 is 2.44 bits per heavy atom. The van der Waals surface area contributed by atoms with Crippen LogP contribution in [-0.4, -0.2) is 77.9 Å². The lowest BCUT2D eigenvalue weighted by Crippen LogP contribution is -2.47.